The highest BCUT2D eigenvalue weighted by Crippen LogP contribution is 2.32. The zero-order chi connectivity index (χ0) is 18.4. The van der Waals surface area contributed by atoms with Crippen molar-refractivity contribution in [3.8, 4) is 11.5 Å². The van der Waals surface area contributed by atoms with Crippen LogP contribution in [0.15, 0.2) is 42.5 Å². The Hall–Kier alpha value is -3.22. The zero-order valence-electron chi connectivity index (χ0n) is 14.5. The number of rotatable bonds is 6. The van der Waals surface area contributed by atoms with Crippen LogP contribution in [0.25, 0.3) is 0 Å². The van der Waals surface area contributed by atoms with Crippen LogP contribution < -0.4 is 25.4 Å². The highest BCUT2D eigenvalue weighted by atomic mass is 16.6. The van der Waals surface area contributed by atoms with E-state index in [1.165, 1.54) is 6.92 Å². The molecular weight excluding hydrogens is 334 g/mol. The van der Waals surface area contributed by atoms with E-state index in [9.17, 15) is 9.59 Å². The lowest BCUT2D eigenvalue weighted by atomic mass is 10.2. The summed E-state index contributed by atoms with van der Waals surface area (Å²) in [5.74, 6) is 1.10. The fourth-order valence-corrected chi connectivity index (χ4v) is 2.58. The van der Waals surface area contributed by atoms with E-state index in [4.69, 9.17) is 9.47 Å². The van der Waals surface area contributed by atoms with Gasteiger partial charge in [0.05, 0.1) is 0 Å². The second-order valence-electron chi connectivity index (χ2n) is 5.85. The van der Waals surface area contributed by atoms with Crippen LogP contribution in [0.1, 0.15) is 13.3 Å². The highest BCUT2D eigenvalue weighted by molar-refractivity contribution is 5.91. The normalized spacial score (nSPS) is 12.2. The van der Waals surface area contributed by atoms with E-state index in [1.807, 2.05) is 18.2 Å². The van der Waals surface area contributed by atoms with Gasteiger partial charge in [0.2, 0.25) is 11.8 Å². The maximum atomic E-state index is 12.1. The van der Waals surface area contributed by atoms with Crippen molar-refractivity contribution >= 4 is 28.9 Å². The van der Waals surface area contributed by atoms with Crippen LogP contribution in [-0.4, -0.2) is 31.6 Å². The molecule has 136 valence electrons. The van der Waals surface area contributed by atoms with Crippen molar-refractivity contribution in [2.75, 3.05) is 35.7 Å². The van der Waals surface area contributed by atoms with Gasteiger partial charge in [-0.1, -0.05) is 6.07 Å². The Morgan fingerprint density at radius 2 is 1.65 bits per heavy atom. The average Bonchev–Trinajstić information content (AvgIpc) is 2.61. The number of ether oxygens (including phenoxy) is 2. The first-order valence-electron chi connectivity index (χ1n) is 8.41. The molecule has 2 aromatic rings. The zero-order valence-corrected chi connectivity index (χ0v) is 14.5. The van der Waals surface area contributed by atoms with Crippen molar-refractivity contribution < 1.29 is 19.1 Å². The number of hydrogen-bond donors (Lipinski definition) is 3. The summed E-state index contributed by atoms with van der Waals surface area (Å²) in [7, 11) is 0. The van der Waals surface area contributed by atoms with Crippen LogP contribution in [0, 0.1) is 0 Å². The quantitative estimate of drug-likeness (QED) is 0.741. The topological polar surface area (TPSA) is 88.7 Å². The Balaban J connectivity index is 1.48. The molecule has 0 saturated carbocycles. The molecule has 1 aliphatic heterocycles. The van der Waals surface area contributed by atoms with E-state index in [-0.39, 0.29) is 11.8 Å². The lowest BCUT2D eigenvalue weighted by Crippen LogP contribution is -2.18. The van der Waals surface area contributed by atoms with Crippen LogP contribution in [0.2, 0.25) is 0 Å². The molecule has 2 aromatic carbocycles. The van der Waals surface area contributed by atoms with Gasteiger partial charge in [-0.05, 0) is 30.3 Å². The van der Waals surface area contributed by atoms with Crippen LogP contribution in [0.3, 0.4) is 0 Å². The first kappa shape index (κ1) is 17.6. The average molecular weight is 355 g/mol. The first-order chi connectivity index (χ1) is 12.6. The van der Waals surface area contributed by atoms with Gasteiger partial charge in [0.15, 0.2) is 11.5 Å². The Morgan fingerprint density at radius 3 is 2.46 bits per heavy atom. The standard InChI is InChI=1S/C19H21N3O4/c1-13(23)21-15-4-2-3-14(11-15)20-8-7-19(24)22-16-5-6-17-18(12-16)26-10-9-25-17/h2-6,11-12,20H,7-10H2,1H3,(H,21,23)(H,22,24). The molecule has 0 aliphatic carbocycles. The summed E-state index contributed by atoms with van der Waals surface area (Å²) in [5.41, 5.74) is 2.22. The molecule has 0 bridgehead atoms. The van der Waals surface area contributed by atoms with Gasteiger partial charge in [-0.3, -0.25) is 9.59 Å². The molecule has 1 heterocycles. The summed E-state index contributed by atoms with van der Waals surface area (Å²) in [6.07, 6.45) is 0.304. The van der Waals surface area contributed by atoms with Crippen molar-refractivity contribution in [3.05, 3.63) is 42.5 Å². The summed E-state index contributed by atoms with van der Waals surface area (Å²) < 4.78 is 11.0. The molecule has 7 heteroatoms. The molecule has 0 radical (unpaired) electrons. The SMILES string of the molecule is CC(=O)Nc1cccc(NCCC(=O)Nc2ccc3c(c2)OCCO3)c1. The van der Waals surface area contributed by atoms with E-state index in [0.29, 0.717) is 49.1 Å². The molecule has 2 amide bonds. The fourth-order valence-electron chi connectivity index (χ4n) is 2.58. The van der Waals surface area contributed by atoms with Crippen molar-refractivity contribution in [2.24, 2.45) is 0 Å². The fraction of sp³-hybridized carbons (Fsp3) is 0.263. The van der Waals surface area contributed by atoms with E-state index in [0.717, 1.165) is 5.69 Å². The summed E-state index contributed by atoms with van der Waals surface area (Å²) >= 11 is 0. The van der Waals surface area contributed by atoms with Gasteiger partial charge in [-0.2, -0.15) is 0 Å². The maximum Gasteiger partial charge on any atom is 0.226 e. The monoisotopic (exact) mass is 355 g/mol. The number of hydrogen-bond acceptors (Lipinski definition) is 5. The van der Waals surface area contributed by atoms with Gasteiger partial charge < -0.3 is 25.4 Å². The smallest absolute Gasteiger partial charge is 0.226 e. The number of carbonyl (C=O) groups is 2. The lowest BCUT2D eigenvalue weighted by Gasteiger charge is -2.19. The van der Waals surface area contributed by atoms with E-state index >= 15 is 0 Å². The third-order valence-corrected chi connectivity index (χ3v) is 3.69. The van der Waals surface area contributed by atoms with Crippen LogP contribution in [0.4, 0.5) is 17.1 Å². The third-order valence-electron chi connectivity index (χ3n) is 3.69. The third kappa shape index (κ3) is 4.89. The van der Waals surface area contributed by atoms with E-state index in [1.54, 1.807) is 24.3 Å². The van der Waals surface area contributed by atoms with Crippen LogP contribution in [-0.2, 0) is 9.59 Å². The molecule has 1 aliphatic rings. The van der Waals surface area contributed by atoms with Crippen LogP contribution in [0.5, 0.6) is 11.5 Å². The van der Waals surface area contributed by atoms with Gasteiger partial charge in [-0.15, -0.1) is 0 Å². The maximum absolute atomic E-state index is 12.1. The predicted octanol–water partition coefficient (Wildman–Crippen LogP) is 2.86. The summed E-state index contributed by atoms with van der Waals surface area (Å²) in [6.45, 7) is 2.97. The molecule has 0 aromatic heterocycles. The summed E-state index contributed by atoms with van der Waals surface area (Å²) in [5, 5.41) is 8.73. The number of fused-ring (bicyclic) bond motifs is 1. The minimum absolute atomic E-state index is 0.104. The first-order valence-corrected chi connectivity index (χ1v) is 8.41. The molecule has 3 rings (SSSR count). The molecular formula is C19H21N3O4. The van der Waals surface area contributed by atoms with E-state index < -0.39 is 0 Å². The lowest BCUT2D eigenvalue weighted by molar-refractivity contribution is -0.116. The molecule has 3 N–H and O–H groups in total. The second kappa shape index (κ2) is 8.24. The minimum atomic E-state index is -0.124. The Morgan fingerprint density at radius 1 is 0.923 bits per heavy atom. The van der Waals surface area contributed by atoms with Gasteiger partial charge in [0, 0.05) is 43.0 Å². The summed E-state index contributed by atoms with van der Waals surface area (Å²) in [4.78, 5) is 23.2. The second-order valence-corrected chi connectivity index (χ2v) is 5.85. The number of carbonyl (C=O) groups excluding carboxylic acids is 2. The summed E-state index contributed by atoms with van der Waals surface area (Å²) in [6, 6.07) is 12.7. The van der Waals surface area contributed by atoms with Gasteiger partial charge in [-0.25, -0.2) is 0 Å². The number of anilines is 3. The molecule has 26 heavy (non-hydrogen) atoms. The van der Waals surface area contributed by atoms with Gasteiger partial charge in [0.1, 0.15) is 13.2 Å². The molecule has 7 nitrogen and oxygen atoms in total. The van der Waals surface area contributed by atoms with Crippen molar-refractivity contribution in [2.45, 2.75) is 13.3 Å². The number of nitrogens with one attached hydrogen (secondary N) is 3. The minimum Gasteiger partial charge on any atom is -0.486 e. The molecule has 0 fully saturated rings. The molecule has 0 saturated heterocycles. The van der Waals surface area contributed by atoms with Gasteiger partial charge >= 0.3 is 0 Å². The largest absolute Gasteiger partial charge is 0.486 e. The number of amides is 2. The number of benzene rings is 2. The highest BCUT2D eigenvalue weighted by Gasteiger charge is 2.12. The molecule has 0 spiro atoms. The van der Waals surface area contributed by atoms with E-state index in [2.05, 4.69) is 16.0 Å². The Kier molecular flexibility index (Phi) is 5.58. The van der Waals surface area contributed by atoms with Crippen molar-refractivity contribution in [1.29, 1.82) is 0 Å². The molecule has 0 atom stereocenters. The van der Waals surface area contributed by atoms with Crippen LogP contribution >= 0.6 is 0 Å². The van der Waals surface area contributed by atoms with Crippen molar-refractivity contribution in [1.82, 2.24) is 0 Å². The Bertz CT molecular complexity index is 807. The van der Waals surface area contributed by atoms with Crippen molar-refractivity contribution in [3.63, 3.8) is 0 Å². The predicted molar refractivity (Wildman–Crippen MR) is 99.9 cm³/mol. The molecule has 0 unspecified atom stereocenters. The Labute approximate surface area is 151 Å². The van der Waals surface area contributed by atoms with Gasteiger partial charge in [0.25, 0.3) is 0 Å².